The van der Waals surface area contributed by atoms with Crippen molar-refractivity contribution in [3.63, 3.8) is 0 Å². The molecule has 0 fully saturated rings. The standard InChI is InChI=1S/C16H37N3O/c1-7-18(8-2)11-10-12-19(9-3)13-16(6,14-20)17-15(4)5/h15,17,20H,7-14H2,1-6H3. The summed E-state index contributed by atoms with van der Waals surface area (Å²) in [6, 6.07) is 0.390. The average molecular weight is 287 g/mol. The van der Waals surface area contributed by atoms with Crippen molar-refractivity contribution in [2.24, 2.45) is 0 Å². The Hall–Kier alpha value is -0.160. The van der Waals surface area contributed by atoms with Gasteiger partial charge < -0.3 is 20.2 Å². The average Bonchev–Trinajstić information content (AvgIpc) is 2.41. The van der Waals surface area contributed by atoms with Crippen molar-refractivity contribution < 1.29 is 5.11 Å². The first-order valence-corrected chi connectivity index (χ1v) is 8.24. The van der Waals surface area contributed by atoms with Crippen LogP contribution in [-0.2, 0) is 0 Å². The lowest BCUT2D eigenvalue weighted by atomic mass is 10.0. The zero-order valence-electron chi connectivity index (χ0n) is 14.6. The Bertz CT molecular complexity index is 232. The molecule has 0 aromatic heterocycles. The molecule has 4 nitrogen and oxygen atoms in total. The Morgan fingerprint density at radius 2 is 1.50 bits per heavy atom. The van der Waals surface area contributed by atoms with Gasteiger partial charge in [0.05, 0.1) is 12.1 Å². The van der Waals surface area contributed by atoms with Crippen LogP contribution in [0.2, 0.25) is 0 Å². The van der Waals surface area contributed by atoms with E-state index in [0.29, 0.717) is 6.04 Å². The Balaban J connectivity index is 4.24. The van der Waals surface area contributed by atoms with Crippen LogP contribution in [0.4, 0.5) is 0 Å². The van der Waals surface area contributed by atoms with Crippen molar-refractivity contribution in [3.05, 3.63) is 0 Å². The maximum atomic E-state index is 9.67. The van der Waals surface area contributed by atoms with E-state index in [1.54, 1.807) is 0 Å². The summed E-state index contributed by atoms with van der Waals surface area (Å²) >= 11 is 0. The Labute approximate surface area is 126 Å². The second-order valence-electron chi connectivity index (χ2n) is 6.27. The molecule has 0 saturated carbocycles. The summed E-state index contributed by atoms with van der Waals surface area (Å²) in [5, 5.41) is 13.2. The van der Waals surface area contributed by atoms with E-state index in [2.05, 4.69) is 56.7 Å². The second-order valence-corrected chi connectivity index (χ2v) is 6.27. The molecule has 1 unspecified atom stereocenters. The van der Waals surface area contributed by atoms with Gasteiger partial charge in [-0.2, -0.15) is 0 Å². The molecule has 0 bridgehead atoms. The van der Waals surface area contributed by atoms with Crippen LogP contribution >= 0.6 is 0 Å². The van der Waals surface area contributed by atoms with Crippen molar-refractivity contribution in [1.29, 1.82) is 0 Å². The van der Waals surface area contributed by atoms with Crippen LogP contribution in [0.5, 0.6) is 0 Å². The van der Waals surface area contributed by atoms with Crippen LogP contribution in [0, 0.1) is 0 Å². The van der Waals surface area contributed by atoms with Crippen LogP contribution in [-0.4, -0.2) is 72.4 Å². The molecule has 122 valence electrons. The fraction of sp³-hybridized carbons (Fsp3) is 1.00. The molecule has 0 amide bonds. The van der Waals surface area contributed by atoms with E-state index in [1.165, 1.54) is 6.42 Å². The fourth-order valence-electron chi connectivity index (χ4n) is 2.74. The van der Waals surface area contributed by atoms with Crippen LogP contribution < -0.4 is 5.32 Å². The SMILES string of the molecule is CCN(CC)CCCN(CC)CC(C)(CO)NC(C)C. The summed E-state index contributed by atoms with van der Waals surface area (Å²) in [6.07, 6.45) is 1.19. The molecule has 4 heteroatoms. The molecule has 0 radical (unpaired) electrons. The molecule has 0 rings (SSSR count). The molecule has 0 aromatic rings. The molecule has 1 atom stereocenters. The number of aliphatic hydroxyl groups excluding tert-OH is 1. The highest BCUT2D eigenvalue weighted by atomic mass is 16.3. The smallest absolute Gasteiger partial charge is 0.0623 e. The van der Waals surface area contributed by atoms with Gasteiger partial charge in [-0.05, 0) is 46.1 Å². The summed E-state index contributed by atoms with van der Waals surface area (Å²) < 4.78 is 0. The molecule has 0 spiro atoms. The first-order chi connectivity index (χ1) is 9.40. The van der Waals surface area contributed by atoms with Crippen molar-refractivity contribution in [2.45, 2.75) is 59.5 Å². The summed E-state index contributed by atoms with van der Waals surface area (Å²) in [4.78, 5) is 4.90. The van der Waals surface area contributed by atoms with E-state index in [-0.39, 0.29) is 12.1 Å². The van der Waals surface area contributed by atoms with E-state index in [1.807, 2.05) is 0 Å². The fourth-order valence-corrected chi connectivity index (χ4v) is 2.74. The van der Waals surface area contributed by atoms with Gasteiger partial charge in [0.15, 0.2) is 0 Å². The number of nitrogens with zero attached hydrogens (tertiary/aromatic N) is 2. The summed E-state index contributed by atoms with van der Waals surface area (Å²) in [5.41, 5.74) is -0.209. The van der Waals surface area contributed by atoms with Gasteiger partial charge in [0.25, 0.3) is 0 Å². The molecule has 0 aliphatic heterocycles. The minimum Gasteiger partial charge on any atom is -0.394 e. The Kier molecular flexibility index (Phi) is 10.5. The molecule has 0 heterocycles. The summed E-state index contributed by atoms with van der Waals surface area (Å²) in [6.45, 7) is 19.6. The van der Waals surface area contributed by atoms with Gasteiger partial charge in [0.2, 0.25) is 0 Å². The van der Waals surface area contributed by atoms with Crippen molar-refractivity contribution in [1.82, 2.24) is 15.1 Å². The third kappa shape index (κ3) is 8.20. The summed E-state index contributed by atoms with van der Waals surface area (Å²) in [7, 11) is 0. The van der Waals surface area contributed by atoms with E-state index < -0.39 is 0 Å². The molecule has 20 heavy (non-hydrogen) atoms. The highest BCUT2D eigenvalue weighted by Gasteiger charge is 2.26. The minimum absolute atomic E-state index is 0.178. The van der Waals surface area contributed by atoms with Gasteiger partial charge in [-0.3, -0.25) is 0 Å². The van der Waals surface area contributed by atoms with Gasteiger partial charge in [-0.25, -0.2) is 0 Å². The monoisotopic (exact) mass is 287 g/mol. The van der Waals surface area contributed by atoms with E-state index in [0.717, 1.165) is 39.3 Å². The lowest BCUT2D eigenvalue weighted by Gasteiger charge is -2.36. The Morgan fingerprint density at radius 1 is 1.00 bits per heavy atom. The van der Waals surface area contributed by atoms with Gasteiger partial charge in [-0.1, -0.05) is 34.6 Å². The van der Waals surface area contributed by atoms with Crippen LogP contribution in [0.1, 0.15) is 48.0 Å². The van der Waals surface area contributed by atoms with Gasteiger partial charge >= 0.3 is 0 Å². The number of aliphatic hydroxyl groups is 1. The first-order valence-electron chi connectivity index (χ1n) is 8.24. The predicted octanol–water partition coefficient (Wildman–Crippen LogP) is 1.79. The lowest BCUT2D eigenvalue weighted by molar-refractivity contribution is 0.113. The number of hydrogen-bond donors (Lipinski definition) is 2. The molecule has 0 aromatic carbocycles. The molecular weight excluding hydrogens is 250 g/mol. The van der Waals surface area contributed by atoms with Crippen LogP contribution in [0.15, 0.2) is 0 Å². The maximum absolute atomic E-state index is 9.67. The largest absolute Gasteiger partial charge is 0.394 e. The normalized spacial score (nSPS) is 15.3. The first kappa shape index (κ1) is 19.8. The van der Waals surface area contributed by atoms with Crippen molar-refractivity contribution in [2.75, 3.05) is 45.9 Å². The van der Waals surface area contributed by atoms with Gasteiger partial charge in [0.1, 0.15) is 0 Å². The minimum atomic E-state index is -0.209. The molecule has 0 aliphatic rings. The van der Waals surface area contributed by atoms with E-state index >= 15 is 0 Å². The maximum Gasteiger partial charge on any atom is 0.0623 e. The molecular formula is C16H37N3O. The van der Waals surface area contributed by atoms with Gasteiger partial charge in [-0.15, -0.1) is 0 Å². The third-order valence-electron chi connectivity index (χ3n) is 3.85. The molecule has 0 saturated heterocycles. The quantitative estimate of drug-likeness (QED) is 0.574. The van der Waals surface area contributed by atoms with Crippen LogP contribution in [0.3, 0.4) is 0 Å². The predicted molar refractivity (Wildman–Crippen MR) is 88.3 cm³/mol. The van der Waals surface area contributed by atoms with E-state index in [4.69, 9.17) is 0 Å². The highest BCUT2D eigenvalue weighted by Crippen LogP contribution is 2.08. The highest BCUT2D eigenvalue weighted by molar-refractivity contribution is 4.87. The van der Waals surface area contributed by atoms with Crippen molar-refractivity contribution >= 4 is 0 Å². The van der Waals surface area contributed by atoms with E-state index in [9.17, 15) is 5.11 Å². The summed E-state index contributed by atoms with van der Waals surface area (Å²) in [5.74, 6) is 0. The number of rotatable bonds is 12. The molecule has 2 N–H and O–H groups in total. The number of likely N-dealkylation sites (N-methyl/N-ethyl adjacent to an activating group) is 1. The lowest BCUT2D eigenvalue weighted by Crippen LogP contribution is -2.56. The van der Waals surface area contributed by atoms with Crippen molar-refractivity contribution in [3.8, 4) is 0 Å². The number of hydrogen-bond acceptors (Lipinski definition) is 4. The number of nitrogens with one attached hydrogen (secondary N) is 1. The zero-order valence-corrected chi connectivity index (χ0v) is 14.6. The molecule has 0 aliphatic carbocycles. The Morgan fingerprint density at radius 3 is 1.90 bits per heavy atom. The zero-order chi connectivity index (χ0) is 15.6. The van der Waals surface area contributed by atoms with Crippen LogP contribution in [0.25, 0.3) is 0 Å². The second kappa shape index (κ2) is 10.6. The topological polar surface area (TPSA) is 38.7 Å². The van der Waals surface area contributed by atoms with Gasteiger partial charge in [0, 0.05) is 12.6 Å². The third-order valence-corrected chi connectivity index (χ3v) is 3.85.